The monoisotopic (exact) mass is 257 g/mol. The summed E-state index contributed by atoms with van der Waals surface area (Å²) in [6.45, 7) is 4.46. The van der Waals surface area contributed by atoms with Crippen molar-refractivity contribution in [2.45, 2.75) is 33.1 Å². The first-order valence-electron chi connectivity index (χ1n) is 6.62. The fourth-order valence-electron chi connectivity index (χ4n) is 2.81. The summed E-state index contributed by atoms with van der Waals surface area (Å²) in [5.74, 6) is 0.807. The largest absolute Gasteiger partial charge is 0.390 e. The third-order valence-corrected chi connectivity index (χ3v) is 4.96. The average Bonchev–Trinajstić information content (AvgIpc) is 2.65. The van der Waals surface area contributed by atoms with Crippen molar-refractivity contribution < 1.29 is 0 Å². The van der Waals surface area contributed by atoms with E-state index in [2.05, 4.69) is 38.1 Å². The van der Waals surface area contributed by atoms with Crippen LogP contribution in [0.2, 0.25) is 0 Å². The van der Waals surface area contributed by atoms with Gasteiger partial charge in [0.25, 0.3) is 0 Å². The van der Waals surface area contributed by atoms with Crippen LogP contribution in [0.5, 0.6) is 0 Å². The van der Waals surface area contributed by atoms with E-state index in [0.717, 1.165) is 10.9 Å². The second kappa shape index (κ2) is 4.43. The third-order valence-electron chi connectivity index (χ3n) is 3.88. The summed E-state index contributed by atoms with van der Waals surface area (Å²) in [7, 11) is 0. The zero-order chi connectivity index (χ0) is 12.7. The van der Waals surface area contributed by atoms with Crippen LogP contribution in [0.25, 0.3) is 11.1 Å². The molecule has 1 aromatic heterocycles. The molecule has 0 fully saturated rings. The number of aryl methyl sites for hydroxylation is 1. The van der Waals surface area contributed by atoms with Crippen LogP contribution in [0.15, 0.2) is 24.3 Å². The standard InChI is InChI=1S/C16H19NS/c1-10-3-6-12(7-4-10)15-13-8-5-11(2)9-14(13)18-16(15)17/h3-4,6-7,11H,5,8-9,17H2,1-2H3. The molecule has 2 heteroatoms. The van der Waals surface area contributed by atoms with Gasteiger partial charge in [-0.3, -0.25) is 0 Å². The molecule has 0 saturated carbocycles. The Balaban J connectivity index is 2.10. The maximum absolute atomic E-state index is 6.26. The quantitative estimate of drug-likeness (QED) is 0.803. The number of hydrogen-bond acceptors (Lipinski definition) is 2. The molecule has 1 aliphatic carbocycles. The normalized spacial score (nSPS) is 18.7. The Bertz CT molecular complexity index is 566. The third kappa shape index (κ3) is 1.95. The maximum atomic E-state index is 6.26. The molecule has 94 valence electrons. The number of nitrogens with two attached hydrogens (primary N) is 1. The van der Waals surface area contributed by atoms with Gasteiger partial charge in [-0.2, -0.15) is 0 Å². The van der Waals surface area contributed by atoms with Crippen LogP contribution in [0, 0.1) is 12.8 Å². The molecule has 1 unspecified atom stereocenters. The molecule has 3 rings (SSSR count). The fourth-order valence-corrected chi connectivity index (χ4v) is 4.11. The first-order chi connectivity index (χ1) is 8.65. The van der Waals surface area contributed by atoms with Gasteiger partial charge in [0.15, 0.2) is 0 Å². The van der Waals surface area contributed by atoms with Gasteiger partial charge < -0.3 is 5.73 Å². The van der Waals surface area contributed by atoms with Gasteiger partial charge >= 0.3 is 0 Å². The minimum absolute atomic E-state index is 0.807. The molecule has 1 aromatic carbocycles. The Kier molecular flexibility index (Phi) is 2.90. The van der Waals surface area contributed by atoms with Gasteiger partial charge in [0.2, 0.25) is 0 Å². The van der Waals surface area contributed by atoms with E-state index in [9.17, 15) is 0 Å². The number of thiophene rings is 1. The molecule has 1 atom stereocenters. The van der Waals surface area contributed by atoms with E-state index in [-0.39, 0.29) is 0 Å². The Morgan fingerprint density at radius 2 is 1.94 bits per heavy atom. The highest BCUT2D eigenvalue weighted by atomic mass is 32.1. The lowest BCUT2D eigenvalue weighted by Crippen LogP contribution is -2.09. The minimum Gasteiger partial charge on any atom is -0.390 e. The van der Waals surface area contributed by atoms with Crippen molar-refractivity contribution in [2.75, 3.05) is 5.73 Å². The van der Waals surface area contributed by atoms with Crippen molar-refractivity contribution in [1.29, 1.82) is 0 Å². The van der Waals surface area contributed by atoms with E-state index in [1.54, 1.807) is 11.3 Å². The summed E-state index contributed by atoms with van der Waals surface area (Å²) >= 11 is 1.80. The number of nitrogen functional groups attached to an aromatic ring is 1. The van der Waals surface area contributed by atoms with Crippen molar-refractivity contribution in [1.82, 2.24) is 0 Å². The molecular formula is C16H19NS. The molecule has 0 spiro atoms. The molecule has 0 amide bonds. The van der Waals surface area contributed by atoms with Gasteiger partial charge in [0.05, 0.1) is 5.00 Å². The second-order valence-corrected chi connectivity index (χ2v) is 6.59. The number of hydrogen-bond donors (Lipinski definition) is 1. The molecule has 0 bridgehead atoms. The molecule has 1 aliphatic rings. The number of fused-ring (bicyclic) bond motifs is 1. The zero-order valence-electron chi connectivity index (χ0n) is 11.0. The Morgan fingerprint density at radius 1 is 1.22 bits per heavy atom. The van der Waals surface area contributed by atoms with Crippen LogP contribution in [0.3, 0.4) is 0 Å². The highest BCUT2D eigenvalue weighted by Gasteiger charge is 2.23. The SMILES string of the molecule is Cc1ccc(-c2c(N)sc3c2CCC(C)C3)cc1. The van der Waals surface area contributed by atoms with Crippen molar-refractivity contribution >= 4 is 16.3 Å². The van der Waals surface area contributed by atoms with Gasteiger partial charge in [-0.05, 0) is 43.2 Å². The van der Waals surface area contributed by atoms with Crippen LogP contribution in [-0.4, -0.2) is 0 Å². The summed E-state index contributed by atoms with van der Waals surface area (Å²) in [6.07, 6.45) is 3.69. The summed E-state index contributed by atoms with van der Waals surface area (Å²) in [5, 5.41) is 0.998. The predicted octanol–water partition coefficient (Wildman–Crippen LogP) is 4.43. The highest BCUT2D eigenvalue weighted by Crippen LogP contribution is 2.43. The molecule has 2 N–H and O–H groups in total. The lowest BCUT2D eigenvalue weighted by atomic mass is 9.87. The topological polar surface area (TPSA) is 26.0 Å². The van der Waals surface area contributed by atoms with E-state index < -0.39 is 0 Å². The first-order valence-corrected chi connectivity index (χ1v) is 7.44. The van der Waals surface area contributed by atoms with Gasteiger partial charge in [0.1, 0.15) is 0 Å². The number of benzene rings is 1. The second-order valence-electron chi connectivity index (χ2n) is 5.46. The lowest BCUT2D eigenvalue weighted by molar-refractivity contribution is 0.508. The van der Waals surface area contributed by atoms with Crippen molar-refractivity contribution in [3.63, 3.8) is 0 Å². The van der Waals surface area contributed by atoms with E-state index in [1.165, 1.54) is 46.4 Å². The van der Waals surface area contributed by atoms with E-state index >= 15 is 0 Å². The molecular weight excluding hydrogens is 238 g/mol. The van der Waals surface area contributed by atoms with Crippen LogP contribution >= 0.6 is 11.3 Å². The average molecular weight is 257 g/mol. The highest BCUT2D eigenvalue weighted by molar-refractivity contribution is 7.16. The Morgan fingerprint density at radius 3 is 2.67 bits per heavy atom. The molecule has 18 heavy (non-hydrogen) atoms. The summed E-state index contributed by atoms with van der Waals surface area (Å²) in [5.41, 5.74) is 11.7. The van der Waals surface area contributed by atoms with Crippen LogP contribution < -0.4 is 5.73 Å². The van der Waals surface area contributed by atoms with Crippen molar-refractivity contribution in [2.24, 2.45) is 5.92 Å². The molecule has 0 radical (unpaired) electrons. The smallest absolute Gasteiger partial charge is 0.0941 e. The molecule has 1 heterocycles. The lowest BCUT2D eigenvalue weighted by Gasteiger charge is -2.19. The summed E-state index contributed by atoms with van der Waals surface area (Å²) in [4.78, 5) is 1.52. The Hall–Kier alpha value is -1.28. The van der Waals surface area contributed by atoms with Gasteiger partial charge in [0, 0.05) is 10.4 Å². The first kappa shape index (κ1) is 11.8. The van der Waals surface area contributed by atoms with E-state index in [0.29, 0.717) is 0 Å². The maximum Gasteiger partial charge on any atom is 0.0941 e. The number of anilines is 1. The van der Waals surface area contributed by atoms with Crippen LogP contribution in [-0.2, 0) is 12.8 Å². The van der Waals surface area contributed by atoms with E-state index in [1.807, 2.05) is 0 Å². The number of rotatable bonds is 1. The molecule has 1 nitrogen and oxygen atoms in total. The van der Waals surface area contributed by atoms with E-state index in [4.69, 9.17) is 5.73 Å². The fraction of sp³-hybridized carbons (Fsp3) is 0.375. The zero-order valence-corrected chi connectivity index (χ0v) is 11.8. The molecule has 0 aliphatic heterocycles. The minimum atomic E-state index is 0.807. The summed E-state index contributed by atoms with van der Waals surface area (Å²) < 4.78 is 0. The predicted molar refractivity (Wildman–Crippen MR) is 80.1 cm³/mol. The Labute approximate surface area is 113 Å². The molecule has 0 saturated heterocycles. The van der Waals surface area contributed by atoms with Crippen molar-refractivity contribution in [3.8, 4) is 11.1 Å². The van der Waals surface area contributed by atoms with Gasteiger partial charge in [-0.1, -0.05) is 36.8 Å². The summed E-state index contributed by atoms with van der Waals surface area (Å²) in [6, 6.07) is 8.74. The molecule has 2 aromatic rings. The van der Waals surface area contributed by atoms with Gasteiger partial charge in [-0.25, -0.2) is 0 Å². The van der Waals surface area contributed by atoms with Crippen molar-refractivity contribution in [3.05, 3.63) is 40.3 Å². The van der Waals surface area contributed by atoms with Gasteiger partial charge in [-0.15, -0.1) is 11.3 Å². The van der Waals surface area contributed by atoms with Crippen LogP contribution in [0.4, 0.5) is 5.00 Å². The van der Waals surface area contributed by atoms with Crippen LogP contribution in [0.1, 0.15) is 29.3 Å².